The van der Waals surface area contributed by atoms with Crippen molar-refractivity contribution in [3.63, 3.8) is 0 Å². The van der Waals surface area contributed by atoms with E-state index in [-0.39, 0.29) is 0 Å². The van der Waals surface area contributed by atoms with Gasteiger partial charge in [-0.15, -0.1) is 0 Å². The molecule has 44 valence electrons. The van der Waals surface area contributed by atoms with Crippen LogP contribution >= 0.6 is 0 Å². The van der Waals surface area contributed by atoms with Crippen molar-refractivity contribution < 1.29 is 0 Å². The summed E-state index contributed by atoms with van der Waals surface area (Å²) >= 11 is 0. The van der Waals surface area contributed by atoms with Gasteiger partial charge in [-0.1, -0.05) is 6.58 Å². The quantitative estimate of drug-likeness (QED) is 0.423. The van der Waals surface area contributed by atoms with Gasteiger partial charge in [0.05, 0.1) is 0 Å². The summed E-state index contributed by atoms with van der Waals surface area (Å²) in [6, 6.07) is 0. The molecule has 3 heteroatoms. The highest BCUT2D eigenvalue weighted by Gasteiger charge is 1.76. The monoisotopic (exact) mass is 111 g/mol. The van der Waals surface area contributed by atoms with Crippen LogP contribution < -0.4 is 5.43 Å². The van der Waals surface area contributed by atoms with Crippen LogP contribution in [0.5, 0.6) is 0 Å². The molecule has 0 aromatic carbocycles. The molecule has 0 spiro atoms. The van der Waals surface area contributed by atoms with Crippen molar-refractivity contribution in [2.75, 3.05) is 0 Å². The van der Waals surface area contributed by atoms with E-state index in [9.17, 15) is 0 Å². The lowest BCUT2D eigenvalue weighted by Crippen LogP contribution is -1.99. The Balaban J connectivity index is 3.48. The van der Waals surface area contributed by atoms with Gasteiger partial charge in [-0.05, 0) is 6.92 Å². The first-order valence-corrected chi connectivity index (χ1v) is 2.20. The molecule has 0 rings (SSSR count). The molecule has 0 aliphatic carbocycles. The second-order valence-corrected chi connectivity index (χ2v) is 1.10. The van der Waals surface area contributed by atoms with Crippen LogP contribution in [0.15, 0.2) is 22.5 Å². The molecule has 0 amide bonds. The van der Waals surface area contributed by atoms with Crippen LogP contribution in [0.1, 0.15) is 6.92 Å². The Bertz CT molecular complexity index is 115. The first-order chi connectivity index (χ1) is 3.81. The van der Waals surface area contributed by atoms with Crippen molar-refractivity contribution in [3.05, 3.63) is 12.4 Å². The lowest BCUT2D eigenvalue weighted by molar-refractivity contribution is 0.888. The minimum absolute atomic E-state index is 0.502. The van der Waals surface area contributed by atoms with Gasteiger partial charge in [0.2, 0.25) is 0 Å². The average Bonchev–Trinajstić information content (AvgIpc) is 1.68. The molecule has 0 aliphatic rings. The number of nitrogens with zero attached hydrogens (tertiary/aromatic N) is 2. The second-order valence-electron chi connectivity index (χ2n) is 1.10. The number of hydrogen-bond donors (Lipinski definition) is 1. The van der Waals surface area contributed by atoms with Crippen molar-refractivity contribution >= 4 is 12.9 Å². The minimum Gasteiger partial charge on any atom is -0.262 e. The number of hydrazone groups is 1. The molecule has 8 heavy (non-hydrogen) atoms. The number of hydrogen-bond acceptors (Lipinski definition) is 3. The smallest absolute Gasteiger partial charge is 0.138 e. The predicted octanol–water partition coefficient (Wildman–Crippen LogP) is 0.754. The van der Waals surface area contributed by atoms with Gasteiger partial charge in [0.1, 0.15) is 5.82 Å². The zero-order valence-electron chi connectivity index (χ0n) is 4.89. The molecular weight excluding hydrogens is 102 g/mol. The Hall–Kier alpha value is -1.12. The molecule has 0 aromatic heterocycles. The van der Waals surface area contributed by atoms with E-state index in [0.717, 1.165) is 0 Å². The Labute approximate surface area is 48.8 Å². The summed E-state index contributed by atoms with van der Waals surface area (Å²) in [4.78, 5) is 3.75. The first-order valence-electron chi connectivity index (χ1n) is 2.20. The molecule has 0 saturated heterocycles. The van der Waals surface area contributed by atoms with Gasteiger partial charge >= 0.3 is 0 Å². The molecule has 0 radical (unpaired) electrons. The Morgan fingerprint density at radius 3 is 2.75 bits per heavy atom. The Morgan fingerprint density at radius 1 is 1.75 bits per heavy atom. The van der Waals surface area contributed by atoms with Gasteiger partial charge in [-0.2, -0.15) is 5.10 Å². The maximum Gasteiger partial charge on any atom is 0.138 e. The summed E-state index contributed by atoms with van der Waals surface area (Å²) in [5, 5.41) is 3.34. The van der Waals surface area contributed by atoms with Crippen molar-refractivity contribution in [2.24, 2.45) is 10.1 Å². The third-order valence-electron chi connectivity index (χ3n) is 0.493. The van der Waals surface area contributed by atoms with Crippen molar-refractivity contribution in [3.8, 4) is 0 Å². The summed E-state index contributed by atoms with van der Waals surface area (Å²) in [6.45, 7) is 8.48. The molecule has 0 unspecified atom stereocenters. The molecule has 0 atom stereocenters. The van der Waals surface area contributed by atoms with Crippen LogP contribution in [0.3, 0.4) is 0 Å². The number of aliphatic imine (C=N–C) groups is 1. The summed E-state index contributed by atoms with van der Waals surface area (Å²) in [7, 11) is 0. The van der Waals surface area contributed by atoms with Crippen LogP contribution in [0, 0.1) is 0 Å². The van der Waals surface area contributed by atoms with Gasteiger partial charge < -0.3 is 0 Å². The van der Waals surface area contributed by atoms with Crippen LogP contribution in [0.2, 0.25) is 0 Å². The largest absolute Gasteiger partial charge is 0.262 e. The first kappa shape index (κ1) is 6.88. The molecule has 3 nitrogen and oxygen atoms in total. The van der Waals surface area contributed by atoms with E-state index in [1.54, 1.807) is 13.1 Å². The fourth-order valence-electron chi connectivity index (χ4n) is 0.276. The van der Waals surface area contributed by atoms with Crippen LogP contribution in [0.4, 0.5) is 0 Å². The summed E-state index contributed by atoms with van der Waals surface area (Å²) < 4.78 is 0. The van der Waals surface area contributed by atoms with Crippen LogP contribution in [-0.4, -0.2) is 12.9 Å². The fraction of sp³-hybridized carbons (Fsp3) is 0.200. The Kier molecular flexibility index (Phi) is 3.48. The molecule has 0 saturated carbocycles. The van der Waals surface area contributed by atoms with Crippen LogP contribution in [0.25, 0.3) is 0 Å². The number of nitrogens with one attached hydrogen (secondary N) is 1. The molecule has 0 heterocycles. The van der Waals surface area contributed by atoms with Gasteiger partial charge in [-0.25, -0.2) is 4.99 Å². The second kappa shape index (κ2) is 4.05. The maximum atomic E-state index is 3.75. The van der Waals surface area contributed by atoms with Crippen molar-refractivity contribution in [1.82, 2.24) is 5.43 Å². The standard InChI is InChI=1S/C5H9N3/c1-4-7-5(2)8-6-3/h4,8H,2-3H2,1H3. The van der Waals surface area contributed by atoms with Gasteiger partial charge in [0.15, 0.2) is 0 Å². The van der Waals surface area contributed by atoms with Crippen molar-refractivity contribution in [1.29, 1.82) is 0 Å². The summed E-state index contributed by atoms with van der Waals surface area (Å²) in [6.07, 6.45) is 1.63. The summed E-state index contributed by atoms with van der Waals surface area (Å²) in [5.74, 6) is 0.502. The third kappa shape index (κ3) is 3.08. The molecule has 0 bridgehead atoms. The predicted molar refractivity (Wildman–Crippen MR) is 36.0 cm³/mol. The topological polar surface area (TPSA) is 36.8 Å². The van der Waals surface area contributed by atoms with E-state index in [1.807, 2.05) is 0 Å². The lowest BCUT2D eigenvalue weighted by Gasteiger charge is -1.92. The third-order valence-corrected chi connectivity index (χ3v) is 0.493. The van der Waals surface area contributed by atoms with E-state index < -0.39 is 0 Å². The molecule has 0 fully saturated rings. The molecular formula is C5H9N3. The van der Waals surface area contributed by atoms with Gasteiger partial charge in [0, 0.05) is 12.9 Å². The highest BCUT2D eigenvalue weighted by molar-refractivity contribution is 5.54. The fourth-order valence-corrected chi connectivity index (χ4v) is 0.276. The highest BCUT2D eigenvalue weighted by atomic mass is 15.3. The van der Waals surface area contributed by atoms with Gasteiger partial charge in [0.25, 0.3) is 0 Å². The zero-order chi connectivity index (χ0) is 6.41. The maximum absolute atomic E-state index is 3.75. The molecule has 0 aromatic rings. The molecule has 1 N–H and O–H groups in total. The van der Waals surface area contributed by atoms with Crippen LogP contribution in [-0.2, 0) is 0 Å². The summed E-state index contributed by atoms with van der Waals surface area (Å²) in [5.41, 5.74) is 2.47. The zero-order valence-corrected chi connectivity index (χ0v) is 4.89. The van der Waals surface area contributed by atoms with Gasteiger partial charge in [-0.3, -0.25) is 5.43 Å². The van der Waals surface area contributed by atoms with E-state index in [4.69, 9.17) is 0 Å². The lowest BCUT2D eigenvalue weighted by atomic mass is 10.8. The number of rotatable bonds is 3. The van der Waals surface area contributed by atoms with E-state index >= 15 is 0 Å². The van der Waals surface area contributed by atoms with E-state index in [1.165, 1.54) is 0 Å². The highest BCUT2D eigenvalue weighted by Crippen LogP contribution is 1.80. The van der Waals surface area contributed by atoms with Crippen molar-refractivity contribution in [2.45, 2.75) is 6.92 Å². The average molecular weight is 111 g/mol. The Morgan fingerprint density at radius 2 is 2.38 bits per heavy atom. The molecule has 0 aliphatic heterocycles. The van der Waals surface area contributed by atoms with E-state index in [0.29, 0.717) is 5.82 Å². The van der Waals surface area contributed by atoms with E-state index in [2.05, 4.69) is 28.8 Å². The normalized spacial score (nSPS) is 9.12. The minimum atomic E-state index is 0.502. The SMILES string of the molecule is C=NNC(=C)N=CC.